The molecule has 1 rings (SSSR count). The van der Waals surface area contributed by atoms with Crippen molar-refractivity contribution < 1.29 is 14.7 Å². The van der Waals surface area contributed by atoms with Crippen LogP contribution in [0.4, 0.5) is 0 Å². The highest BCUT2D eigenvalue weighted by atomic mass is 16.4. The van der Waals surface area contributed by atoms with E-state index < -0.39 is 11.5 Å². The van der Waals surface area contributed by atoms with E-state index in [4.69, 9.17) is 5.11 Å². The first-order valence-corrected chi connectivity index (χ1v) is 9.19. The molecule has 0 aliphatic heterocycles. The molecule has 0 bridgehead atoms. The summed E-state index contributed by atoms with van der Waals surface area (Å²) < 4.78 is 2.01. The van der Waals surface area contributed by atoms with E-state index in [2.05, 4.69) is 24.3 Å². The monoisotopic (exact) mass is 351 g/mol. The molecule has 25 heavy (non-hydrogen) atoms. The van der Waals surface area contributed by atoms with Crippen LogP contribution in [0, 0.1) is 19.8 Å². The number of carbonyl (C=O) groups is 2. The second-order valence-corrected chi connectivity index (χ2v) is 7.33. The molecular weight excluding hydrogens is 318 g/mol. The average Bonchev–Trinajstić information content (AvgIpc) is 2.77. The van der Waals surface area contributed by atoms with E-state index in [1.807, 2.05) is 32.4 Å². The Bertz CT molecular complexity index is 601. The Morgan fingerprint density at radius 1 is 1.24 bits per heavy atom. The summed E-state index contributed by atoms with van der Waals surface area (Å²) in [6, 6.07) is 0. The van der Waals surface area contributed by atoms with E-state index in [1.165, 1.54) is 0 Å². The number of hydrogen-bond acceptors (Lipinski definition) is 3. The van der Waals surface area contributed by atoms with Crippen LogP contribution in [0.3, 0.4) is 0 Å². The number of hydrogen-bond donors (Lipinski definition) is 2. The summed E-state index contributed by atoms with van der Waals surface area (Å²) in [5.74, 6) is -0.467. The highest BCUT2D eigenvalue weighted by Gasteiger charge is 2.30. The molecule has 0 radical (unpaired) electrons. The molecule has 0 saturated heterocycles. The van der Waals surface area contributed by atoms with Gasteiger partial charge in [0.05, 0.1) is 12.1 Å². The Balaban J connectivity index is 2.76. The summed E-state index contributed by atoms with van der Waals surface area (Å²) in [6.07, 6.45) is 2.13. The zero-order valence-electron chi connectivity index (χ0n) is 16.5. The Morgan fingerprint density at radius 3 is 2.32 bits per heavy atom. The molecule has 0 aromatic carbocycles. The molecular formula is C19H33N3O3. The van der Waals surface area contributed by atoms with Crippen LogP contribution in [0.25, 0.3) is 0 Å². The fourth-order valence-electron chi connectivity index (χ4n) is 3.23. The largest absolute Gasteiger partial charge is 0.481 e. The van der Waals surface area contributed by atoms with Crippen molar-refractivity contribution in [3.63, 3.8) is 0 Å². The van der Waals surface area contributed by atoms with Crippen LogP contribution >= 0.6 is 0 Å². The lowest BCUT2D eigenvalue weighted by Gasteiger charge is -2.31. The first-order chi connectivity index (χ1) is 11.6. The highest BCUT2D eigenvalue weighted by molar-refractivity contribution is 5.78. The predicted octanol–water partition coefficient (Wildman–Crippen LogP) is 3.24. The maximum absolute atomic E-state index is 12.4. The van der Waals surface area contributed by atoms with E-state index in [-0.39, 0.29) is 12.3 Å². The summed E-state index contributed by atoms with van der Waals surface area (Å²) in [6.45, 7) is 13.0. The number of rotatable bonds is 10. The van der Waals surface area contributed by atoms with Crippen LogP contribution in [0.15, 0.2) is 0 Å². The van der Waals surface area contributed by atoms with Crippen LogP contribution in [0.5, 0.6) is 0 Å². The normalized spacial score (nSPS) is 11.8. The number of carbonyl (C=O) groups excluding carboxylic acids is 1. The minimum absolute atomic E-state index is 0.0455. The van der Waals surface area contributed by atoms with E-state index in [1.54, 1.807) is 0 Å². The summed E-state index contributed by atoms with van der Waals surface area (Å²) in [5.41, 5.74) is 2.54. The Labute approximate surface area is 151 Å². The number of aromatic nitrogens is 2. The number of aryl methyl sites for hydroxylation is 1. The van der Waals surface area contributed by atoms with Crippen molar-refractivity contribution in [2.24, 2.45) is 5.92 Å². The molecule has 0 fully saturated rings. The Hall–Kier alpha value is -1.85. The van der Waals surface area contributed by atoms with Gasteiger partial charge in [-0.25, -0.2) is 0 Å². The quantitative estimate of drug-likeness (QED) is 0.678. The maximum Gasteiger partial charge on any atom is 0.305 e. The fourth-order valence-corrected chi connectivity index (χ4v) is 3.23. The smallest absolute Gasteiger partial charge is 0.305 e. The predicted molar refractivity (Wildman–Crippen MR) is 98.6 cm³/mol. The third-order valence-corrected chi connectivity index (χ3v) is 4.92. The summed E-state index contributed by atoms with van der Waals surface area (Å²) in [5, 5.41) is 16.7. The second-order valence-electron chi connectivity index (χ2n) is 7.33. The molecule has 142 valence electrons. The molecule has 2 N–H and O–H groups in total. The molecule has 1 amide bonds. The number of nitrogens with one attached hydrogen (secondary N) is 1. The van der Waals surface area contributed by atoms with Crippen molar-refractivity contribution >= 4 is 11.9 Å². The number of aliphatic carboxylic acids is 1. The standard InChI is InChI=1S/C19H33N3O3/c1-7-19(8-2,11-18(24)25)20-17(23)10-9-16-14(5)21-22(15(16)6)12-13(3)4/h13H,7-12H2,1-6H3,(H,20,23)(H,24,25). The van der Waals surface area contributed by atoms with Gasteiger partial charge in [-0.3, -0.25) is 14.3 Å². The molecule has 0 spiro atoms. The minimum atomic E-state index is -0.884. The van der Waals surface area contributed by atoms with E-state index >= 15 is 0 Å². The van der Waals surface area contributed by atoms with Gasteiger partial charge in [-0.05, 0) is 44.6 Å². The van der Waals surface area contributed by atoms with Gasteiger partial charge in [-0.2, -0.15) is 5.10 Å². The van der Waals surface area contributed by atoms with Gasteiger partial charge in [0.2, 0.25) is 5.91 Å². The maximum atomic E-state index is 12.4. The summed E-state index contributed by atoms with van der Waals surface area (Å²) in [4.78, 5) is 23.5. The SMILES string of the molecule is CCC(CC)(CC(=O)O)NC(=O)CCc1c(C)nn(CC(C)C)c1C. The van der Waals surface area contributed by atoms with Crippen LogP contribution in [0.1, 0.15) is 70.3 Å². The molecule has 1 heterocycles. The lowest BCUT2D eigenvalue weighted by Crippen LogP contribution is -2.49. The average molecular weight is 351 g/mol. The van der Waals surface area contributed by atoms with Gasteiger partial charge in [0.1, 0.15) is 0 Å². The Kier molecular flexibility index (Phi) is 7.64. The molecule has 0 saturated carbocycles. The lowest BCUT2D eigenvalue weighted by molar-refractivity contribution is -0.139. The Morgan fingerprint density at radius 2 is 1.84 bits per heavy atom. The molecule has 0 atom stereocenters. The van der Waals surface area contributed by atoms with Crippen molar-refractivity contribution in [3.8, 4) is 0 Å². The zero-order valence-corrected chi connectivity index (χ0v) is 16.5. The molecule has 0 aliphatic rings. The van der Waals surface area contributed by atoms with Crippen molar-refractivity contribution in [1.82, 2.24) is 15.1 Å². The summed E-state index contributed by atoms with van der Waals surface area (Å²) >= 11 is 0. The van der Waals surface area contributed by atoms with E-state index in [0.29, 0.717) is 31.6 Å². The lowest BCUT2D eigenvalue weighted by atomic mass is 9.88. The highest BCUT2D eigenvalue weighted by Crippen LogP contribution is 2.21. The van der Waals surface area contributed by atoms with Crippen molar-refractivity contribution in [3.05, 3.63) is 17.0 Å². The van der Waals surface area contributed by atoms with Crippen molar-refractivity contribution in [2.75, 3.05) is 0 Å². The first kappa shape index (κ1) is 21.2. The first-order valence-electron chi connectivity index (χ1n) is 9.19. The molecule has 0 aliphatic carbocycles. The number of carboxylic acids is 1. The topological polar surface area (TPSA) is 84.2 Å². The van der Waals surface area contributed by atoms with Crippen molar-refractivity contribution in [1.29, 1.82) is 0 Å². The number of nitrogens with zero attached hydrogens (tertiary/aromatic N) is 2. The van der Waals surface area contributed by atoms with Crippen LogP contribution in [-0.2, 0) is 22.6 Å². The van der Waals surface area contributed by atoms with Gasteiger partial charge in [0.25, 0.3) is 0 Å². The molecule has 1 aromatic rings. The third kappa shape index (κ3) is 5.87. The van der Waals surface area contributed by atoms with Gasteiger partial charge in [-0.1, -0.05) is 27.7 Å². The van der Waals surface area contributed by atoms with Crippen LogP contribution in [-0.4, -0.2) is 32.3 Å². The number of amides is 1. The van der Waals surface area contributed by atoms with Gasteiger partial charge in [0.15, 0.2) is 0 Å². The molecule has 0 unspecified atom stereocenters. The minimum Gasteiger partial charge on any atom is -0.481 e. The van der Waals surface area contributed by atoms with Gasteiger partial charge in [-0.15, -0.1) is 0 Å². The van der Waals surface area contributed by atoms with Crippen LogP contribution in [0.2, 0.25) is 0 Å². The van der Waals surface area contributed by atoms with Gasteiger partial charge < -0.3 is 10.4 Å². The number of carboxylic acid groups (broad SMARTS) is 1. The zero-order chi connectivity index (χ0) is 19.2. The fraction of sp³-hybridized carbons (Fsp3) is 0.737. The molecule has 6 heteroatoms. The molecule has 6 nitrogen and oxygen atoms in total. The van der Waals surface area contributed by atoms with Gasteiger partial charge in [0, 0.05) is 24.2 Å². The van der Waals surface area contributed by atoms with E-state index in [9.17, 15) is 9.59 Å². The van der Waals surface area contributed by atoms with E-state index in [0.717, 1.165) is 23.5 Å². The van der Waals surface area contributed by atoms with Gasteiger partial charge >= 0.3 is 5.97 Å². The van der Waals surface area contributed by atoms with Crippen molar-refractivity contribution in [2.45, 2.75) is 85.7 Å². The third-order valence-electron chi connectivity index (χ3n) is 4.92. The summed E-state index contributed by atoms with van der Waals surface area (Å²) in [7, 11) is 0. The van der Waals surface area contributed by atoms with Crippen LogP contribution < -0.4 is 5.32 Å². The molecule has 1 aromatic heterocycles. The second kappa shape index (κ2) is 9.02.